The number of nitrogens with one attached hydrogen (secondary N) is 2. The number of para-hydroxylation sites is 1. The summed E-state index contributed by atoms with van der Waals surface area (Å²) in [6.07, 6.45) is 3.68. The number of carbonyl (C=O) groups is 1. The molecular formula is C21H26N6O2. The molecule has 0 saturated heterocycles. The van der Waals surface area contributed by atoms with E-state index in [9.17, 15) is 4.79 Å². The molecule has 0 atom stereocenters. The second-order valence-corrected chi connectivity index (χ2v) is 7.77. The van der Waals surface area contributed by atoms with E-state index in [0.717, 1.165) is 42.4 Å². The molecule has 0 unspecified atom stereocenters. The van der Waals surface area contributed by atoms with Crippen LogP contribution in [0.1, 0.15) is 41.9 Å². The van der Waals surface area contributed by atoms with Gasteiger partial charge in [0.25, 0.3) is 5.91 Å². The third-order valence-corrected chi connectivity index (χ3v) is 5.26. The lowest BCUT2D eigenvalue weighted by molar-refractivity contribution is 0.0917. The van der Waals surface area contributed by atoms with Crippen LogP contribution in [0.5, 0.6) is 0 Å². The molecule has 8 nitrogen and oxygen atoms in total. The number of carbonyl (C=O) groups excluding carboxylic acids is 1. The maximum atomic E-state index is 12.3. The molecule has 1 fully saturated rings. The first-order chi connectivity index (χ1) is 14.0. The van der Waals surface area contributed by atoms with E-state index in [1.54, 1.807) is 13.0 Å². The average Bonchev–Trinajstić information content (AvgIpc) is 3.15. The zero-order valence-electron chi connectivity index (χ0n) is 17.0. The molecule has 1 aromatic carbocycles. The molecule has 1 aliphatic carbocycles. The topological polar surface area (TPSA) is 96.2 Å². The van der Waals surface area contributed by atoms with Gasteiger partial charge < -0.3 is 20.1 Å². The number of fused-ring (bicyclic) bond motifs is 1. The van der Waals surface area contributed by atoms with E-state index >= 15 is 0 Å². The van der Waals surface area contributed by atoms with E-state index in [-0.39, 0.29) is 18.0 Å². The number of aryl methyl sites for hydroxylation is 1. The molecule has 2 heterocycles. The van der Waals surface area contributed by atoms with Gasteiger partial charge in [0.1, 0.15) is 11.6 Å². The second kappa shape index (κ2) is 8.06. The van der Waals surface area contributed by atoms with Gasteiger partial charge in [0.15, 0.2) is 5.69 Å². The summed E-state index contributed by atoms with van der Waals surface area (Å²) in [6, 6.07) is 10.1. The number of hydrogen-bond acceptors (Lipinski definition) is 7. The smallest absolute Gasteiger partial charge is 0.273 e. The van der Waals surface area contributed by atoms with Crippen LogP contribution < -0.4 is 15.5 Å². The Morgan fingerprint density at radius 3 is 2.52 bits per heavy atom. The van der Waals surface area contributed by atoms with Crippen molar-refractivity contribution in [1.29, 1.82) is 0 Å². The summed E-state index contributed by atoms with van der Waals surface area (Å²) in [5.41, 5.74) is 1.26. The summed E-state index contributed by atoms with van der Waals surface area (Å²) in [4.78, 5) is 23.7. The first-order valence-electron chi connectivity index (χ1n) is 9.94. The van der Waals surface area contributed by atoms with Crippen LogP contribution in [0.25, 0.3) is 10.9 Å². The monoisotopic (exact) mass is 394 g/mol. The molecule has 0 bridgehead atoms. The largest absolute Gasteiger partial charge is 0.362 e. The standard InChI is InChI=1S/C21H26N6O2/c1-13-12-18(26-29-13)20(28)22-14-8-10-15(11-9-14)23-21-24-17-7-5-4-6-16(17)19(25-21)27(2)3/h4-7,12,14-15H,8-11H2,1-3H3,(H,22,28)(H,23,24,25). The van der Waals surface area contributed by atoms with Gasteiger partial charge in [0.2, 0.25) is 5.95 Å². The van der Waals surface area contributed by atoms with Crippen LogP contribution in [-0.2, 0) is 0 Å². The Morgan fingerprint density at radius 1 is 1.10 bits per heavy atom. The molecule has 1 amide bonds. The minimum atomic E-state index is -0.174. The Bertz CT molecular complexity index is 1010. The summed E-state index contributed by atoms with van der Waals surface area (Å²) in [6.45, 7) is 1.78. The normalized spacial score (nSPS) is 19.1. The lowest BCUT2D eigenvalue weighted by atomic mass is 9.91. The SMILES string of the molecule is Cc1cc(C(=O)NC2CCC(Nc3nc(N(C)C)c4ccccc4n3)CC2)no1. The van der Waals surface area contributed by atoms with Crippen molar-refractivity contribution in [3.8, 4) is 0 Å². The highest BCUT2D eigenvalue weighted by atomic mass is 16.5. The first-order valence-corrected chi connectivity index (χ1v) is 9.94. The van der Waals surface area contributed by atoms with Gasteiger partial charge in [-0.1, -0.05) is 17.3 Å². The maximum absolute atomic E-state index is 12.3. The van der Waals surface area contributed by atoms with E-state index in [1.165, 1.54) is 0 Å². The Kier molecular flexibility index (Phi) is 5.33. The van der Waals surface area contributed by atoms with Crippen molar-refractivity contribution in [1.82, 2.24) is 20.4 Å². The summed E-state index contributed by atoms with van der Waals surface area (Å²) < 4.78 is 4.98. The molecule has 1 saturated carbocycles. The minimum Gasteiger partial charge on any atom is -0.362 e. The minimum absolute atomic E-state index is 0.146. The molecule has 152 valence electrons. The number of anilines is 2. The summed E-state index contributed by atoms with van der Waals surface area (Å²) >= 11 is 0. The fraction of sp³-hybridized carbons (Fsp3) is 0.429. The molecule has 8 heteroatoms. The average molecular weight is 394 g/mol. The number of hydrogen-bond donors (Lipinski definition) is 2. The molecule has 29 heavy (non-hydrogen) atoms. The lowest BCUT2D eigenvalue weighted by Crippen LogP contribution is -2.40. The van der Waals surface area contributed by atoms with Gasteiger partial charge in [-0.05, 0) is 44.7 Å². The van der Waals surface area contributed by atoms with E-state index in [0.29, 0.717) is 17.4 Å². The summed E-state index contributed by atoms with van der Waals surface area (Å²) in [7, 11) is 3.98. The number of rotatable bonds is 5. The van der Waals surface area contributed by atoms with E-state index in [2.05, 4.69) is 20.8 Å². The van der Waals surface area contributed by atoms with Gasteiger partial charge in [-0.2, -0.15) is 4.98 Å². The fourth-order valence-corrected chi connectivity index (χ4v) is 3.76. The quantitative estimate of drug-likeness (QED) is 0.686. The Labute approximate surface area is 169 Å². The predicted molar refractivity (Wildman–Crippen MR) is 112 cm³/mol. The number of aromatic nitrogens is 3. The van der Waals surface area contributed by atoms with Gasteiger partial charge >= 0.3 is 0 Å². The fourth-order valence-electron chi connectivity index (χ4n) is 3.76. The Hall–Kier alpha value is -3.16. The molecule has 1 aliphatic rings. The van der Waals surface area contributed by atoms with Gasteiger partial charge in [-0.15, -0.1) is 0 Å². The molecule has 2 N–H and O–H groups in total. The van der Waals surface area contributed by atoms with E-state index < -0.39 is 0 Å². The zero-order chi connectivity index (χ0) is 20.4. The van der Waals surface area contributed by atoms with Gasteiger partial charge in [0, 0.05) is 37.6 Å². The van der Waals surface area contributed by atoms with Crippen molar-refractivity contribution >= 4 is 28.6 Å². The third-order valence-electron chi connectivity index (χ3n) is 5.26. The molecule has 0 aliphatic heterocycles. The van der Waals surface area contributed by atoms with E-state index in [4.69, 9.17) is 9.51 Å². The van der Waals surface area contributed by atoms with Crippen LogP contribution in [0.15, 0.2) is 34.9 Å². The molecule has 2 aromatic heterocycles. The van der Waals surface area contributed by atoms with Gasteiger partial charge in [-0.3, -0.25) is 4.79 Å². The molecular weight excluding hydrogens is 368 g/mol. The van der Waals surface area contributed by atoms with Crippen molar-refractivity contribution in [2.75, 3.05) is 24.3 Å². The van der Waals surface area contributed by atoms with Crippen LogP contribution in [0, 0.1) is 6.92 Å². The summed E-state index contributed by atoms with van der Waals surface area (Å²) in [5, 5.41) is 11.4. The lowest BCUT2D eigenvalue weighted by Gasteiger charge is -2.29. The Morgan fingerprint density at radius 2 is 1.83 bits per heavy atom. The van der Waals surface area contributed by atoms with Crippen molar-refractivity contribution in [2.24, 2.45) is 0 Å². The molecule has 0 radical (unpaired) electrons. The second-order valence-electron chi connectivity index (χ2n) is 7.77. The zero-order valence-corrected chi connectivity index (χ0v) is 17.0. The predicted octanol–water partition coefficient (Wildman–Crippen LogP) is 3.15. The van der Waals surface area contributed by atoms with Gasteiger partial charge in [0.05, 0.1) is 5.52 Å². The van der Waals surface area contributed by atoms with Crippen LogP contribution in [0.2, 0.25) is 0 Å². The highest BCUT2D eigenvalue weighted by molar-refractivity contribution is 5.92. The number of nitrogens with zero attached hydrogens (tertiary/aromatic N) is 4. The number of benzene rings is 1. The van der Waals surface area contributed by atoms with Crippen LogP contribution in [0.4, 0.5) is 11.8 Å². The van der Waals surface area contributed by atoms with Crippen molar-refractivity contribution in [3.63, 3.8) is 0 Å². The molecule has 0 spiro atoms. The highest BCUT2D eigenvalue weighted by Crippen LogP contribution is 2.26. The van der Waals surface area contributed by atoms with Crippen molar-refractivity contribution < 1.29 is 9.32 Å². The number of amides is 1. The van der Waals surface area contributed by atoms with E-state index in [1.807, 2.05) is 43.3 Å². The van der Waals surface area contributed by atoms with Crippen molar-refractivity contribution in [2.45, 2.75) is 44.7 Å². The summed E-state index contributed by atoms with van der Waals surface area (Å²) in [5.74, 6) is 2.02. The maximum Gasteiger partial charge on any atom is 0.273 e. The highest BCUT2D eigenvalue weighted by Gasteiger charge is 2.24. The van der Waals surface area contributed by atoms with Crippen LogP contribution in [0.3, 0.4) is 0 Å². The first kappa shape index (κ1) is 19.2. The molecule has 4 rings (SSSR count). The van der Waals surface area contributed by atoms with Crippen LogP contribution in [-0.4, -0.2) is 47.2 Å². The van der Waals surface area contributed by atoms with Crippen molar-refractivity contribution in [3.05, 3.63) is 41.8 Å². The molecule has 3 aromatic rings. The Balaban J connectivity index is 1.38. The van der Waals surface area contributed by atoms with Gasteiger partial charge in [-0.25, -0.2) is 4.98 Å². The third kappa shape index (κ3) is 4.31. The van der Waals surface area contributed by atoms with Crippen LogP contribution >= 0.6 is 0 Å².